The standard InChI is InChI=1S/C6H10BrN3/c1-4-5(3-8-2)9-10-6(4)7/h8H,3H2,1-2H3,(H,9,10). The lowest BCUT2D eigenvalue weighted by Gasteiger charge is -1.94. The summed E-state index contributed by atoms with van der Waals surface area (Å²) in [5, 5.41) is 9.95. The molecule has 2 N–H and O–H groups in total. The van der Waals surface area contributed by atoms with Gasteiger partial charge in [0.25, 0.3) is 0 Å². The number of hydrogen-bond donors (Lipinski definition) is 2. The summed E-state index contributed by atoms with van der Waals surface area (Å²) in [6.45, 7) is 2.87. The second-order valence-corrected chi connectivity index (χ2v) is 2.90. The number of aromatic nitrogens is 2. The predicted molar refractivity (Wildman–Crippen MR) is 43.8 cm³/mol. The first kappa shape index (κ1) is 7.75. The molecule has 0 fully saturated rings. The van der Waals surface area contributed by atoms with Crippen LogP contribution in [0.2, 0.25) is 0 Å². The van der Waals surface area contributed by atoms with Crippen molar-refractivity contribution in [1.29, 1.82) is 0 Å². The minimum absolute atomic E-state index is 0.838. The average Bonchev–Trinajstić information content (AvgIpc) is 2.20. The summed E-state index contributed by atoms with van der Waals surface area (Å²) in [4.78, 5) is 0. The minimum atomic E-state index is 0.838. The number of H-pyrrole nitrogens is 1. The van der Waals surface area contributed by atoms with E-state index in [1.54, 1.807) is 0 Å². The fourth-order valence-electron chi connectivity index (χ4n) is 0.758. The Morgan fingerprint density at radius 1 is 1.70 bits per heavy atom. The van der Waals surface area contributed by atoms with Gasteiger partial charge in [0.1, 0.15) is 4.60 Å². The highest BCUT2D eigenvalue weighted by Crippen LogP contribution is 2.14. The minimum Gasteiger partial charge on any atom is -0.314 e. The SMILES string of the molecule is CNCc1[nH]nc(Br)c1C. The maximum Gasteiger partial charge on any atom is 0.131 e. The largest absolute Gasteiger partial charge is 0.314 e. The zero-order valence-corrected chi connectivity index (χ0v) is 7.62. The fourth-order valence-corrected chi connectivity index (χ4v) is 1.09. The number of nitrogens with one attached hydrogen (secondary N) is 2. The van der Waals surface area contributed by atoms with Crippen LogP contribution in [0, 0.1) is 6.92 Å². The van der Waals surface area contributed by atoms with E-state index in [4.69, 9.17) is 0 Å². The maximum atomic E-state index is 3.99. The van der Waals surface area contributed by atoms with E-state index in [1.165, 1.54) is 5.56 Å². The van der Waals surface area contributed by atoms with E-state index in [0.717, 1.165) is 16.8 Å². The molecule has 1 aromatic rings. The third kappa shape index (κ3) is 1.38. The van der Waals surface area contributed by atoms with Crippen LogP contribution in [0.15, 0.2) is 4.60 Å². The van der Waals surface area contributed by atoms with Crippen molar-refractivity contribution in [2.75, 3.05) is 7.05 Å². The fraction of sp³-hybridized carbons (Fsp3) is 0.500. The highest BCUT2D eigenvalue weighted by Gasteiger charge is 2.03. The molecule has 1 aromatic heterocycles. The number of nitrogens with zero attached hydrogens (tertiary/aromatic N) is 1. The van der Waals surface area contributed by atoms with E-state index in [9.17, 15) is 0 Å². The van der Waals surface area contributed by atoms with Crippen LogP contribution >= 0.6 is 15.9 Å². The number of rotatable bonds is 2. The molecule has 0 saturated carbocycles. The molecular weight excluding hydrogens is 194 g/mol. The summed E-state index contributed by atoms with van der Waals surface area (Å²) in [7, 11) is 1.91. The van der Waals surface area contributed by atoms with E-state index in [-0.39, 0.29) is 0 Å². The molecule has 10 heavy (non-hydrogen) atoms. The smallest absolute Gasteiger partial charge is 0.131 e. The Morgan fingerprint density at radius 3 is 2.80 bits per heavy atom. The summed E-state index contributed by atoms with van der Waals surface area (Å²) in [5.74, 6) is 0. The van der Waals surface area contributed by atoms with Gasteiger partial charge in [0.15, 0.2) is 0 Å². The summed E-state index contributed by atoms with van der Waals surface area (Å²) in [6.07, 6.45) is 0. The lowest BCUT2D eigenvalue weighted by Crippen LogP contribution is -2.06. The average molecular weight is 204 g/mol. The summed E-state index contributed by atoms with van der Waals surface area (Å²) >= 11 is 3.32. The Balaban J connectivity index is 2.83. The van der Waals surface area contributed by atoms with Gasteiger partial charge in [0, 0.05) is 12.1 Å². The highest BCUT2D eigenvalue weighted by atomic mass is 79.9. The Hall–Kier alpha value is -0.350. The monoisotopic (exact) mass is 203 g/mol. The van der Waals surface area contributed by atoms with Crippen molar-refractivity contribution >= 4 is 15.9 Å². The second-order valence-electron chi connectivity index (χ2n) is 2.15. The van der Waals surface area contributed by atoms with Crippen LogP contribution in [-0.4, -0.2) is 17.2 Å². The Labute approximate surface area is 68.3 Å². The van der Waals surface area contributed by atoms with E-state index >= 15 is 0 Å². The lowest BCUT2D eigenvalue weighted by atomic mass is 10.3. The van der Waals surface area contributed by atoms with Gasteiger partial charge in [-0.05, 0) is 29.9 Å². The number of hydrogen-bond acceptors (Lipinski definition) is 2. The normalized spacial score (nSPS) is 10.3. The van der Waals surface area contributed by atoms with Gasteiger partial charge in [-0.2, -0.15) is 5.10 Å². The van der Waals surface area contributed by atoms with Gasteiger partial charge in [-0.1, -0.05) is 0 Å². The molecule has 0 radical (unpaired) electrons. The molecule has 0 bridgehead atoms. The van der Waals surface area contributed by atoms with Crippen LogP contribution in [0.25, 0.3) is 0 Å². The van der Waals surface area contributed by atoms with E-state index in [2.05, 4.69) is 31.4 Å². The number of halogens is 1. The van der Waals surface area contributed by atoms with Gasteiger partial charge < -0.3 is 5.32 Å². The molecule has 0 aliphatic heterocycles. The highest BCUT2D eigenvalue weighted by molar-refractivity contribution is 9.10. The predicted octanol–water partition coefficient (Wildman–Crippen LogP) is 1.20. The first-order valence-electron chi connectivity index (χ1n) is 3.09. The van der Waals surface area contributed by atoms with Gasteiger partial charge in [0.2, 0.25) is 0 Å². The quantitative estimate of drug-likeness (QED) is 0.759. The van der Waals surface area contributed by atoms with Crippen molar-refractivity contribution in [2.45, 2.75) is 13.5 Å². The van der Waals surface area contributed by atoms with E-state index in [1.807, 2.05) is 14.0 Å². The van der Waals surface area contributed by atoms with Crippen LogP contribution in [-0.2, 0) is 6.54 Å². The first-order chi connectivity index (χ1) is 4.75. The molecule has 1 rings (SSSR count). The van der Waals surface area contributed by atoms with E-state index in [0.29, 0.717) is 0 Å². The molecule has 1 heterocycles. The Bertz CT molecular complexity index is 219. The summed E-state index contributed by atoms with van der Waals surface area (Å²) in [6, 6.07) is 0. The Kier molecular flexibility index (Phi) is 2.45. The van der Waals surface area contributed by atoms with Gasteiger partial charge in [0.05, 0.1) is 5.69 Å². The van der Waals surface area contributed by atoms with Crippen molar-refractivity contribution in [3.8, 4) is 0 Å². The number of aromatic amines is 1. The zero-order chi connectivity index (χ0) is 7.56. The van der Waals surface area contributed by atoms with Gasteiger partial charge in [-0.15, -0.1) is 0 Å². The molecule has 0 aromatic carbocycles. The molecule has 0 aliphatic carbocycles. The van der Waals surface area contributed by atoms with Crippen LogP contribution in [0.5, 0.6) is 0 Å². The first-order valence-corrected chi connectivity index (χ1v) is 3.89. The lowest BCUT2D eigenvalue weighted by molar-refractivity contribution is 0.779. The molecule has 0 saturated heterocycles. The van der Waals surface area contributed by atoms with Crippen LogP contribution in [0.4, 0.5) is 0 Å². The van der Waals surface area contributed by atoms with Crippen LogP contribution < -0.4 is 5.32 Å². The molecule has 0 spiro atoms. The summed E-state index contributed by atoms with van der Waals surface area (Å²) in [5.41, 5.74) is 2.31. The molecule has 0 atom stereocenters. The van der Waals surface area contributed by atoms with E-state index < -0.39 is 0 Å². The zero-order valence-electron chi connectivity index (χ0n) is 6.03. The molecule has 0 aliphatic rings. The van der Waals surface area contributed by atoms with Crippen molar-refractivity contribution in [3.05, 3.63) is 15.9 Å². The molecule has 0 amide bonds. The Morgan fingerprint density at radius 2 is 2.40 bits per heavy atom. The third-order valence-corrected chi connectivity index (χ3v) is 2.18. The molecule has 56 valence electrons. The van der Waals surface area contributed by atoms with Gasteiger partial charge in [-0.3, -0.25) is 5.10 Å². The van der Waals surface area contributed by atoms with Crippen LogP contribution in [0.1, 0.15) is 11.3 Å². The van der Waals surface area contributed by atoms with Crippen molar-refractivity contribution in [3.63, 3.8) is 0 Å². The molecule has 0 unspecified atom stereocenters. The maximum absolute atomic E-state index is 3.99. The van der Waals surface area contributed by atoms with Gasteiger partial charge >= 0.3 is 0 Å². The van der Waals surface area contributed by atoms with Gasteiger partial charge in [-0.25, -0.2) is 0 Å². The third-order valence-electron chi connectivity index (χ3n) is 1.40. The second kappa shape index (κ2) is 3.16. The molecule has 3 nitrogen and oxygen atoms in total. The van der Waals surface area contributed by atoms with Crippen molar-refractivity contribution in [2.24, 2.45) is 0 Å². The van der Waals surface area contributed by atoms with Crippen molar-refractivity contribution < 1.29 is 0 Å². The molecule has 4 heteroatoms. The van der Waals surface area contributed by atoms with Crippen LogP contribution in [0.3, 0.4) is 0 Å². The molecular formula is C6H10BrN3. The van der Waals surface area contributed by atoms with Crippen molar-refractivity contribution in [1.82, 2.24) is 15.5 Å². The topological polar surface area (TPSA) is 40.7 Å². The summed E-state index contributed by atoms with van der Waals surface area (Å²) < 4.78 is 0.901.